The van der Waals surface area contributed by atoms with Gasteiger partial charge < -0.3 is 4.74 Å². The molecule has 103 valence electrons. The summed E-state index contributed by atoms with van der Waals surface area (Å²) in [6, 6.07) is -0.673. The van der Waals surface area contributed by atoms with Gasteiger partial charge in [0.05, 0.1) is 0 Å². The monoisotopic (exact) mass is 262 g/mol. The zero-order valence-corrected chi connectivity index (χ0v) is 11.7. The molecule has 1 atom stereocenters. The molecule has 1 fully saturated rings. The minimum atomic E-state index is -0.673. The van der Waals surface area contributed by atoms with Crippen molar-refractivity contribution in [3.05, 3.63) is 23.9 Å². The number of carbonyl (C=O) groups excluding carboxylic acids is 2. The molecule has 19 heavy (non-hydrogen) atoms. The van der Waals surface area contributed by atoms with Crippen LogP contribution in [-0.4, -0.2) is 28.9 Å². The van der Waals surface area contributed by atoms with Gasteiger partial charge in [0.1, 0.15) is 11.6 Å². The number of amides is 1. The highest BCUT2D eigenvalue weighted by molar-refractivity contribution is 5.77. The molecule has 0 aromatic carbocycles. The van der Waals surface area contributed by atoms with E-state index in [1.165, 1.54) is 17.7 Å². The first-order chi connectivity index (χ1) is 8.89. The number of nitrogens with zero attached hydrogens (tertiary/aromatic N) is 1. The van der Waals surface area contributed by atoms with Crippen molar-refractivity contribution in [3.8, 4) is 0 Å². The van der Waals surface area contributed by atoms with Gasteiger partial charge in [-0.2, -0.15) is 0 Å². The van der Waals surface area contributed by atoms with E-state index in [2.05, 4.69) is 0 Å². The molecule has 0 aromatic rings. The molecule has 0 aromatic heterocycles. The van der Waals surface area contributed by atoms with Crippen LogP contribution in [0.15, 0.2) is 23.9 Å². The second-order valence-electron chi connectivity index (χ2n) is 6.16. The number of ether oxygens (including phenoxy) is 1. The van der Waals surface area contributed by atoms with Crippen molar-refractivity contribution in [3.63, 3.8) is 0 Å². The van der Waals surface area contributed by atoms with Crippen LogP contribution in [0.1, 0.15) is 40.0 Å². The van der Waals surface area contributed by atoms with E-state index in [-0.39, 0.29) is 0 Å². The smallest absolute Gasteiger partial charge is 0.415 e. The van der Waals surface area contributed by atoms with Crippen molar-refractivity contribution in [1.82, 2.24) is 4.90 Å². The van der Waals surface area contributed by atoms with Crippen LogP contribution in [-0.2, 0) is 9.53 Å². The molecule has 2 aliphatic rings. The SMILES string of the molecule is CC(C)(C)OC(=O)N1C=CC(CC2CC2)=CC1[C]=O. The van der Waals surface area contributed by atoms with Crippen LogP contribution in [0.2, 0.25) is 0 Å². The lowest BCUT2D eigenvalue weighted by molar-refractivity contribution is 0.0324. The van der Waals surface area contributed by atoms with Crippen molar-refractivity contribution in [2.75, 3.05) is 0 Å². The Hall–Kier alpha value is -1.58. The molecule has 0 saturated heterocycles. The van der Waals surface area contributed by atoms with E-state index >= 15 is 0 Å². The van der Waals surface area contributed by atoms with E-state index in [9.17, 15) is 9.59 Å². The zero-order valence-electron chi connectivity index (χ0n) is 11.7. The predicted octanol–water partition coefficient (Wildman–Crippen LogP) is 2.96. The van der Waals surface area contributed by atoms with Gasteiger partial charge in [0.2, 0.25) is 6.29 Å². The highest BCUT2D eigenvalue weighted by Crippen LogP contribution is 2.36. The molecule has 1 radical (unpaired) electrons. The van der Waals surface area contributed by atoms with Crippen LogP contribution in [0.25, 0.3) is 0 Å². The Morgan fingerprint density at radius 1 is 1.47 bits per heavy atom. The topological polar surface area (TPSA) is 46.6 Å². The van der Waals surface area contributed by atoms with Gasteiger partial charge in [-0.25, -0.2) is 4.79 Å². The number of allylic oxidation sites excluding steroid dienone is 2. The third-order valence-corrected chi connectivity index (χ3v) is 3.07. The van der Waals surface area contributed by atoms with Gasteiger partial charge in [-0.15, -0.1) is 0 Å². The van der Waals surface area contributed by atoms with Crippen LogP contribution in [0, 0.1) is 5.92 Å². The fourth-order valence-corrected chi connectivity index (χ4v) is 1.98. The zero-order chi connectivity index (χ0) is 14.0. The molecule has 0 bridgehead atoms. The van der Waals surface area contributed by atoms with E-state index < -0.39 is 17.7 Å². The lowest BCUT2D eigenvalue weighted by Crippen LogP contribution is -2.41. The van der Waals surface area contributed by atoms with E-state index in [0.29, 0.717) is 0 Å². The molecule has 1 aliphatic carbocycles. The molecule has 1 unspecified atom stereocenters. The Morgan fingerprint density at radius 2 is 2.16 bits per heavy atom. The van der Waals surface area contributed by atoms with Crippen molar-refractivity contribution < 1.29 is 14.3 Å². The number of hydrogen-bond donors (Lipinski definition) is 0. The normalized spacial score (nSPS) is 23.0. The second-order valence-corrected chi connectivity index (χ2v) is 6.16. The van der Waals surface area contributed by atoms with Crippen molar-refractivity contribution in [2.24, 2.45) is 5.92 Å². The van der Waals surface area contributed by atoms with Crippen molar-refractivity contribution >= 4 is 12.4 Å². The fraction of sp³-hybridized carbons (Fsp3) is 0.600. The summed E-state index contributed by atoms with van der Waals surface area (Å²) < 4.78 is 5.27. The van der Waals surface area contributed by atoms with Crippen molar-refractivity contribution in [2.45, 2.75) is 51.7 Å². The first kappa shape index (κ1) is 13.8. The maximum atomic E-state index is 12.0. The van der Waals surface area contributed by atoms with Crippen LogP contribution in [0.4, 0.5) is 4.79 Å². The molecule has 0 N–H and O–H groups in total. The van der Waals surface area contributed by atoms with Crippen LogP contribution >= 0.6 is 0 Å². The van der Waals surface area contributed by atoms with E-state index in [1.807, 2.05) is 12.4 Å². The minimum Gasteiger partial charge on any atom is -0.443 e. The average molecular weight is 262 g/mol. The minimum absolute atomic E-state index is 0.515. The largest absolute Gasteiger partial charge is 0.443 e. The molecule has 1 saturated carbocycles. The molecule has 0 spiro atoms. The summed E-state index contributed by atoms with van der Waals surface area (Å²) in [5, 5.41) is 0. The number of carbonyl (C=O) groups is 1. The van der Waals surface area contributed by atoms with E-state index in [4.69, 9.17) is 4.74 Å². The van der Waals surface area contributed by atoms with Crippen LogP contribution < -0.4 is 0 Å². The molecule has 4 heteroatoms. The lowest BCUT2D eigenvalue weighted by atomic mass is 10.0. The Balaban J connectivity index is 2.02. The Bertz CT molecular complexity index is 427. The lowest BCUT2D eigenvalue weighted by Gasteiger charge is -2.29. The molecule has 1 aliphatic heterocycles. The highest BCUT2D eigenvalue weighted by Gasteiger charge is 2.29. The van der Waals surface area contributed by atoms with Crippen molar-refractivity contribution in [1.29, 1.82) is 0 Å². The van der Waals surface area contributed by atoms with Gasteiger partial charge in [0.15, 0.2) is 0 Å². The van der Waals surface area contributed by atoms with Gasteiger partial charge >= 0.3 is 6.09 Å². The molecule has 4 nitrogen and oxygen atoms in total. The number of rotatable bonds is 3. The molecule has 1 amide bonds. The van der Waals surface area contributed by atoms with E-state index in [0.717, 1.165) is 17.9 Å². The molecule has 1 heterocycles. The van der Waals surface area contributed by atoms with Gasteiger partial charge in [-0.3, -0.25) is 9.69 Å². The third kappa shape index (κ3) is 3.94. The first-order valence-corrected chi connectivity index (χ1v) is 6.67. The maximum Gasteiger partial charge on any atom is 0.415 e. The quantitative estimate of drug-likeness (QED) is 0.785. The highest BCUT2D eigenvalue weighted by atomic mass is 16.6. The fourth-order valence-electron chi connectivity index (χ4n) is 1.98. The summed E-state index contributed by atoms with van der Waals surface area (Å²) in [7, 11) is 0. The second kappa shape index (κ2) is 5.19. The van der Waals surface area contributed by atoms with Crippen LogP contribution in [0.5, 0.6) is 0 Å². The summed E-state index contributed by atoms with van der Waals surface area (Å²) in [5.41, 5.74) is 0.534. The molecule has 2 rings (SSSR count). The summed E-state index contributed by atoms with van der Waals surface area (Å²) in [6.45, 7) is 5.39. The summed E-state index contributed by atoms with van der Waals surface area (Å²) >= 11 is 0. The number of hydrogen-bond acceptors (Lipinski definition) is 3. The van der Waals surface area contributed by atoms with Gasteiger partial charge in [0, 0.05) is 6.20 Å². The standard InChI is InChI=1S/C15H20NO3/c1-15(2,3)19-14(18)16-7-6-12(8-11-4-5-11)9-13(16)10-17/h6-7,9,11,13H,4-5,8H2,1-3H3. The molecular formula is C15H20NO3. The Labute approximate surface area is 114 Å². The predicted molar refractivity (Wildman–Crippen MR) is 72.1 cm³/mol. The third-order valence-electron chi connectivity index (χ3n) is 3.07. The Kier molecular flexibility index (Phi) is 3.78. The van der Waals surface area contributed by atoms with Gasteiger partial charge in [-0.05, 0) is 57.6 Å². The van der Waals surface area contributed by atoms with Crippen LogP contribution in [0.3, 0.4) is 0 Å². The summed E-state index contributed by atoms with van der Waals surface area (Å²) in [5.74, 6) is 0.747. The summed E-state index contributed by atoms with van der Waals surface area (Å²) in [6.07, 6.45) is 10.2. The van der Waals surface area contributed by atoms with E-state index in [1.54, 1.807) is 33.0 Å². The summed E-state index contributed by atoms with van der Waals surface area (Å²) in [4.78, 5) is 24.3. The maximum absolute atomic E-state index is 12.0. The van der Waals surface area contributed by atoms with Gasteiger partial charge in [-0.1, -0.05) is 6.08 Å². The first-order valence-electron chi connectivity index (χ1n) is 6.67. The molecular weight excluding hydrogens is 242 g/mol. The average Bonchev–Trinajstić information content (AvgIpc) is 3.10. The Morgan fingerprint density at radius 3 is 2.68 bits per heavy atom. The van der Waals surface area contributed by atoms with Gasteiger partial charge in [0.25, 0.3) is 0 Å².